The highest BCUT2D eigenvalue weighted by atomic mass is 35.5. The molecule has 5 nitrogen and oxygen atoms in total. The number of hydrogen-bond acceptors (Lipinski definition) is 4. The van der Waals surface area contributed by atoms with Gasteiger partial charge in [-0.3, -0.25) is 4.79 Å². The third-order valence-corrected chi connectivity index (χ3v) is 5.43. The minimum atomic E-state index is -4.67. The molecule has 3 aromatic rings. The maximum absolute atomic E-state index is 13.6. The van der Waals surface area contributed by atoms with Gasteiger partial charge in [-0.05, 0) is 30.4 Å². The summed E-state index contributed by atoms with van der Waals surface area (Å²) in [4.78, 5) is 18.9. The maximum atomic E-state index is 13.6. The summed E-state index contributed by atoms with van der Waals surface area (Å²) in [5.41, 5.74) is -1.25. The van der Waals surface area contributed by atoms with E-state index in [9.17, 15) is 18.0 Å². The van der Waals surface area contributed by atoms with Crippen molar-refractivity contribution in [3.63, 3.8) is 0 Å². The van der Waals surface area contributed by atoms with E-state index >= 15 is 0 Å². The number of fused-ring (bicyclic) bond motifs is 1. The second kappa shape index (κ2) is 6.24. The number of carbonyl (C=O) groups is 1. The highest BCUT2D eigenvalue weighted by molar-refractivity contribution is 7.13. The molecule has 136 valence electrons. The lowest BCUT2D eigenvalue weighted by Crippen LogP contribution is -2.28. The zero-order valence-corrected chi connectivity index (χ0v) is 14.8. The smallest absolute Gasteiger partial charge is 0.337 e. The van der Waals surface area contributed by atoms with Gasteiger partial charge in [0.25, 0.3) is 5.91 Å². The van der Waals surface area contributed by atoms with E-state index in [2.05, 4.69) is 10.1 Å². The summed E-state index contributed by atoms with van der Waals surface area (Å²) in [5.74, 6) is -0.469. The van der Waals surface area contributed by atoms with Crippen molar-refractivity contribution in [2.24, 2.45) is 0 Å². The molecule has 0 unspecified atom stereocenters. The number of rotatable bonds is 2. The lowest BCUT2D eigenvalue weighted by atomic mass is 10.2. The molecule has 4 rings (SSSR count). The monoisotopic (exact) mass is 400 g/mol. The zero-order chi connectivity index (χ0) is 18.5. The fourth-order valence-corrected chi connectivity index (χ4v) is 3.88. The molecule has 3 aromatic heterocycles. The van der Waals surface area contributed by atoms with Gasteiger partial charge in [0.1, 0.15) is 5.02 Å². The highest BCUT2D eigenvalue weighted by Crippen LogP contribution is 2.35. The van der Waals surface area contributed by atoms with Crippen LogP contribution in [0.3, 0.4) is 0 Å². The number of hydrogen-bond donors (Lipinski definition) is 0. The molecule has 4 heterocycles. The van der Waals surface area contributed by atoms with Gasteiger partial charge in [-0.1, -0.05) is 17.7 Å². The van der Waals surface area contributed by atoms with Crippen molar-refractivity contribution in [1.29, 1.82) is 0 Å². The summed E-state index contributed by atoms with van der Waals surface area (Å²) >= 11 is 7.49. The van der Waals surface area contributed by atoms with Crippen LogP contribution < -0.4 is 0 Å². The Kier molecular flexibility index (Phi) is 4.15. The average Bonchev–Trinajstić information content (AvgIpc) is 3.34. The van der Waals surface area contributed by atoms with Gasteiger partial charge < -0.3 is 4.90 Å². The summed E-state index contributed by atoms with van der Waals surface area (Å²) in [6, 6.07) is 4.32. The van der Waals surface area contributed by atoms with Crippen molar-refractivity contribution < 1.29 is 18.0 Å². The van der Waals surface area contributed by atoms with Gasteiger partial charge >= 0.3 is 6.18 Å². The van der Waals surface area contributed by atoms with Crippen molar-refractivity contribution in [3.8, 4) is 10.6 Å². The van der Waals surface area contributed by atoms with Gasteiger partial charge in [0.15, 0.2) is 17.0 Å². The van der Waals surface area contributed by atoms with Crippen LogP contribution in [0.4, 0.5) is 13.2 Å². The molecule has 1 aliphatic rings. The van der Waals surface area contributed by atoms with E-state index < -0.39 is 17.8 Å². The van der Waals surface area contributed by atoms with Crippen LogP contribution in [0.25, 0.3) is 16.2 Å². The Morgan fingerprint density at radius 1 is 1.27 bits per heavy atom. The van der Waals surface area contributed by atoms with Gasteiger partial charge in [0, 0.05) is 13.1 Å². The standard InChI is InChI=1S/C16H12ClF3N4OS/c17-12-13(15(25)23-5-1-2-6-23)22-24-11(16(18,19)20)8-9(21-14(12)24)10-4-3-7-26-10/h3-4,7-8H,1-2,5-6H2. The normalized spacial score (nSPS) is 15.2. The second-order valence-electron chi connectivity index (χ2n) is 5.90. The maximum Gasteiger partial charge on any atom is 0.433 e. The molecule has 0 N–H and O–H groups in total. The molecule has 0 aromatic carbocycles. The van der Waals surface area contributed by atoms with Gasteiger partial charge in [0.2, 0.25) is 0 Å². The Hall–Kier alpha value is -2.13. The molecule has 1 amide bonds. The van der Waals surface area contributed by atoms with E-state index in [1.807, 2.05) is 0 Å². The van der Waals surface area contributed by atoms with Gasteiger partial charge in [-0.15, -0.1) is 11.3 Å². The number of halogens is 4. The molecule has 0 bridgehead atoms. The lowest BCUT2D eigenvalue weighted by Gasteiger charge is -2.13. The minimum Gasteiger partial charge on any atom is -0.337 e. The molecule has 1 aliphatic heterocycles. The number of aromatic nitrogens is 3. The van der Waals surface area contributed by atoms with Crippen molar-refractivity contribution in [2.45, 2.75) is 19.0 Å². The topological polar surface area (TPSA) is 50.5 Å². The Bertz CT molecular complexity index is 978. The lowest BCUT2D eigenvalue weighted by molar-refractivity contribution is -0.142. The van der Waals surface area contributed by atoms with Crippen LogP contribution in [-0.4, -0.2) is 38.5 Å². The van der Waals surface area contributed by atoms with E-state index in [1.54, 1.807) is 22.4 Å². The number of likely N-dealkylation sites (tertiary alicyclic amines) is 1. The predicted octanol–water partition coefficient (Wildman–Crippen LogP) is 4.37. The number of nitrogens with zero attached hydrogens (tertiary/aromatic N) is 4. The molecule has 1 saturated heterocycles. The SMILES string of the molecule is O=C(c1nn2c(C(F)(F)F)cc(-c3cccs3)nc2c1Cl)N1CCCC1. The first kappa shape index (κ1) is 17.3. The molecular weight excluding hydrogens is 389 g/mol. The molecule has 10 heteroatoms. The Balaban J connectivity index is 1.92. The fourth-order valence-electron chi connectivity index (χ4n) is 2.95. The molecule has 0 aliphatic carbocycles. The van der Waals surface area contributed by atoms with E-state index in [1.165, 1.54) is 11.3 Å². The summed E-state index contributed by atoms with van der Waals surface area (Å²) < 4.78 is 41.3. The largest absolute Gasteiger partial charge is 0.433 e. The van der Waals surface area contributed by atoms with Crippen molar-refractivity contribution in [1.82, 2.24) is 19.5 Å². The van der Waals surface area contributed by atoms with Crippen molar-refractivity contribution in [2.75, 3.05) is 13.1 Å². The summed E-state index contributed by atoms with van der Waals surface area (Å²) in [6.07, 6.45) is -2.97. The second-order valence-corrected chi connectivity index (χ2v) is 7.22. The molecule has 0 saturated carbocycles. The third kappa shape index (κ3) is 2.84. The van der Waals surface area contributed by atoms with Crippen LogP contribution in [0.1, 0.15) is 29.0 Å². The average molecular weight is 401 g/mol. The van der Waals surface area contributed by atoms with Crippen molar-refractivity contribution >= 4 is 34.5 Å². The fraction of sp³-hybridized carbons (Fsp3) is 0.312. The number of thiophene rings is 1. The zero-order valence-electron chi connectivity index (χ0n) is 13.3. The van der Waals surface area contributed by atoms with Crippen LogP contribution in [0.2, 0.25) is 5.02 Å². The molecule has 0 atom stereocenters. The summed E-state index contributed by atoms with van der Waals surface area (Å²) in [6.45, 7) is 1.09. The van der Waals surface area contributed by atoms with Crippen LogP contribution in [0.15, 0.2) is 23.6 Å². The number of alkyl halides is 3. The van der Waals surface area contributed by atoms with Crippen LogP contribution in [0.5, 0.6) is 0 Å². The van der Waals surface area contributed by atoms with Gasteiger partial charge in [0.05, 0.1) is 10.6 Å². The molecule has 26 heavy (non-hydrogen) atoms. The Labute approximate surface area is 155 Å². The van der Waals surface area contributed by atoms with E-state index in [0.29, 0.717) is 22.5 Å². The van der Waals surface area contributed by atoms with Crippen LogP contribution in [0, 0.1) is 0 Å². The molecule has 0 spiro atoms. The van der Waals surface area contributed by atoms with E-state index in [4.69, 9.17) is 11.6 Å². The number of carbonyl (C=O) groups excluding carboxylic acids is 1. The number of amides is 1. The van der Waals surface area contributed by atoms with E-state index in [0.717, 1.165) is 18.9 Å². The van der Waals surface area contributed by atoms with E-state index in [-0.39, 0.29) is 22.1 Å². The first-order chi connectivity index (χ1) is 12.4. The molecular formula is C16H12ClF3N4OS. The summed E-state index contributed by atoms with van der Waals surface area (Å²) in [5, 5.41) is 5.44. The van der Waals surface area contributed by atoms with Gasteiger partial charge in [-0.2, -0.15) is 18.3 Å². The summed E-state index contributed by atoms with van der Waals surface area (Å²) in [7, 11) is 0. The quantitative estimate of drug-likeness (QED) is 0.642. The van der Waals surface area contributed by atoms with Crippen molar-refractivity contribution in [3.05, 3.63) is 40.0 Å². The molecule has 1 fully saturated rings. The minimum absolute atomic E-state index is 0.141. The van der Waals surface area contributed by atoms with Gasteiger partial charge in [-0.25, -0.2) is 9.50 Å². The Morgan fingerprint density at radius 2 is 2.00 bits per heavy atom. The van der Waals surface area contributed by atoms with Crippen LogP contribution >= 0.6 is 22.9 Å². The Morgan fingerprint density at radius 3 is 2.62 bits per heavy atom. The highest BCUT2D eigenvalue weighted by Gasteiger charge is 2.37. The third-order valence-electron chi connectivity index (χ3n) is 4.19. The first-order valence-electron chi connectivity index (χ1n) is 7.86. The molecule has 0 radical (unpaired) electrons. The predicted molar refractivity (Wildman–Crippen MR) is 91.4 cm³/mol. The van der Waals surface area contributed by atoms with Crippen LogP contribution in [-0.2, 0) is 6.18 Å². The first-order valence-corrected chi connectivity index (χ1v) is 9.11.